The molecule has 0 aromatic rings. The average Bonchev–Trinajstić information content (AvgIpc) is 2.21. The van der Waals surface area contributed by atoms with Crippen molar-refractivity contribution in [2.24, 2.45) is 0 Å². The maximum absolute atomic E-state index is 9.69. The summed E-state index contributed by atoms with van der Waals surface area (Å²) in [6.07, 6.45) is 0.683. The van der Waals surface area contributed by atoms with Crippen molar-refractivity contribution in [1.82, 2.24) is 9.80 Å². The van der Waals surface area contributed by atoms with Gasteiger partial charge in [0.25, 0.3) is 0 Å². The fourth-order valence-corrected chi connectivity index (χ4v) is 1.44. The van der Waals surface area contributed by atoms with Gasteiger partial charge in [-0.15, -0.1) is 0 Å². The summed E-state index contributed by atoms with van der Waals surface area (Å²) in [7, 11) is 2.14. The van der Waals surface area contributed by atoms with Gasteiger partial charge in [0, 0.05) is 26.2 Å². The van der Waals surface area contributed by atoms with Gasteiger partial charge in [0.15, 0.2) is 0 Å². The minimum atomic E-state index is -0.813. The molecule has 15 heavy (non-hydrogen) atoms. The standard InChI is InChI=1S/C12H22N2O/c1-4-12(2,15)6-5-7-14-10-8-13(3)9-11-14/h15H,4,7-11H2,1-3H3/t12-/m1/s1. The molecule has 0 radical (unpaired) electrons. The highest BCUT2D eigenvalue weighted by molar-refractivity contribution is 5.12. The second-order valence-corrected chi connectivity index (χ2v) is 4.51. The van der Waals surface area contributed by atoms with Gasteiger partial charge in [0.2, 0.25) is 0 Å². The summed E-state index contributed by atoms with van der Waals surface area (Å²) in [5.74, 6) is 5.99. The normalized spacial score (nSPS) is 22.9. The third-order valence-electron chi connectivity index (χ3n) is 2.94. The Kier molecular flexibility index (Phi) is 4.59. The smallest absolute Gasteiger partial charge is 0.122 e. The summed E-state index contributed by atoms with van der Waals surface area (Å²) in [5.41, 5.74) is -0.813. The molecule has 0 aromatic heterocycles. The zero-order chi connectivity index (χ0) is 11.3. The van der Waals surface area contributed by atoms with E-state index in [4.69, 9.17) is 0 Å². The first kappa shape index (κ1) is 12.5. The van der Waals surface area contributed by atoms with Gasteiger partial charge in [0.1, 0.15) is 5.60 Å². The molecule has 0 aliphatic carbocycles. The quantitative estimate of drug-likeness (QED) is 0.668. The second-order valence-electron chi connectivity index (χ2n) is 4.51. The van der Waals surface area contributed by atoms with E-state index >= 15 is 0 Å². The molecule has 3 heteroatoms. The van der Waals surface area contributed by atoms with Crippen LogP contribution in [0.1, 0.15) is 20.3 Å². The first-order chi connectivity index (χ1) is 7.03. The largest absolute Gasteiger partial charge is 0.378 e. The van der Waals surface area contributed by atoms with Crippen molar-refractivity contribution in [2.75, 3.05) is 39.8 Å². The van der Waals surface area contributed by atoms with Crippen molar-refractivity contribution in [3.8, 4) is 11.8 Å². The lowest BCUT2D eigenvalue weighted by atomic mass is 10.1. The van der Waals surface area contributed by atoms with Crippen LogP contribution in [0, 0.1) is 11.8 Å². The number of nitrogens with zero attached hydrogens (tertiary/aromatic N) is 2. The fourth-order valence-electron chi connectivity index (χ4n) is 1.44. The third kappa shape index (κ3) is 4.65. The van der Waals surface area contributed by atoms with Crippen LogP contribution in [0.4, 0.5) is 0 Å². The van der Waals surface area contributed by atoms with Crippen LogP contribution in [0.2, 0.25) is 0 Å². The molecule has 0 spiro atoms. The number of hydrogen-bond donors (Lipinski definition) is 1. The summed E-state index contributed by atoms with van der Waals surface area (Å²) < 4.78 is 0. The topological polar surface area (TPSA) is 26.7 Å². The van der Waals surface area contributed by atoms with E-state index in [9.17, 15) is 5.11 Å². The molecule has 1 aliphatic heterocycles. The Morgan fingerprint density at radius 3 is 2.40 bits per heavy atom. The van der Waals surface area contributed by atoms with E-state index in [-0.39, 0.29) is 0 Å². The molecule has 0 bridgehead atoms. The van der Waals surface area contributed by atoms with E-state index in [0.717, 1.165) is 32.7 Å². The highest BCUT2D eigenvalue weighted by Gasteiger charge is 2.14. The van der Waals surface area contributed by atoms with Gasteiger partial charge in [-0.05, 0) is 20.4 Å². The van der Waals surface area contributed by atoms with Crippen LogP contribution < -0.4 is 0 Å². The predicted octanol–water partition coefficient (Wildman–Crippen LogP) is 0.398. The Balaban J connectivity index is 2.31. The minimum absolute atomic E-state index is 0.683. The predicted molar refractivity (Wildman–Crippen MR) is 62.6 cm³/mol. The molecule has 1 N–H and O–H groups in total. The van der Waals surface area contributed by atoms with Gasteiger partial charge in [-0.25, -0.2) is 0 Å². The molecule has 1 fully saturated rings. The Morgan fingerprint density at radius 2 is 1.87 bits per heavy atom. The van der Waals surface area contributed by atoms with E-state index < -0.39 is 5.60 Å². The van der Waals surface area contributed by atoms with Gasteiger partial charge in [-0.2, -0.15) is 0 Å². The Labute approximate surface area is 93.1 Å². The van der Waals surface area contributed by atoms with Crippen LogP contribution in [-0.2, 0) is 0 Å². The van der Waals surface area contributed by atoms with Crippen LogP contribution >= 0.6 is 0 Å². The number of rotatable bonds is 2. The Hall–Kier alpha value is -0.560. The lowest BCUT2D eigenvalue weighted by molar-refractivity contribution is 0.117. The SMILES string of the molecule is CC[C@@](C)(O)C#CCN1CCN(C)CC1. The van der Waals surface area contributed by atoms with Crippen LogP contribution in [0.5, 0.6) is 0 Å². The number of aliphatic hydroxyl groups is 1. The lowest BCUT2D eigenvalue weighted by Gasteiger charge is -2.30. The average molecular weight is 210 g/mol. The molecule has 1 heterocycles. The van der Waals surface area contributed by atoms with Crippen LogP contribution in [0.25, 0.3) is 0 Å². The summed E-state index contributed by atoms with van der Waals surface area (Å²) in [5, 5.41) is 9.69. The molecular weight excluding hydrogens is 188 g/mol. The summed E-state index contributed by atoms with van der Waals surface area (Å²) in [4.78, 5) is 4.66. The number of hydrogen-bond acceptors (Lipinski definition) is 3. The molecule has 86 valence electrons. The van der Waals surface area contributed by atoms with Crippen LogP contribution in [-0.4, -0.2) is 60.3 Å². The zero-order valence-corrected chi connectivity index (χ0v) is 10.1. The van der Waals surface area contributed by atoms with E-state index in [1.165, 1.54) is 0 Å². The Morgan fingerprint density at radius 1 is 1.27 bits per heavy atom. The van der Waals surface area contributed by atoms with E-state index in [0.29, 0.717) is 6.42 Å². The van der Waals surface area contributed by atoms with Crippen LogP contribution in [0.15, 0.2) is 0 Å². The van der Waals surface area contributed by atoms with Gasteiger partial charge in [-0.3, -0.25) is 4.90 Å². The molecule has 3 nitrogen and oxygen atoms in total. The van der Waals surface area contributed by atoms with Crippen molar-refractivity contribution >= 4 is 0 Å². The van der Waals surface area contributed by atoms with Crippen molar-refractivity contribution in [1.29, 1.82) is 0 Å². The summed E-state index contributed by atoms with van der Waals surface area (Å²) >= 11 is 0. The first-order valence-corrected chi connectivity index (χ1v) is 5.67. The molecular formula is C12H22N2O. The second kappa shape index (κ2) is 5.50. The summed E-state index contributed by atoms with van der Waals surface area (Å²) in [6.45, 7) is 8.90. The molecule has 0 amide bonds. The number of likely N-dealkylation sites (N-methyl/N-ethyl adjacent to an activating group) is 1. The molecule has 0 saturated carbocycles. The first-order valence-electron chi connectivity index (χ1n) is 5.67. The van der Waals surface area contributed by atoms with E-state index in [2.05, 4.69) is 28.7 Å². The number of piperazine rings is 1. The maximum atomic E-state index is 9.69. The molecule has 0 aromatic carbocycles. The van der Waals surface area contributed by atoms with Gasteiger partial charge >= 0.3 is 0 Å². The zero-order valence-electron chi connectivity index (χ0n) is 10.1. The maximum Gasteiger partial charge on any atom is 0.122 e. The highest BCUT2D eigenvalue weighted by atomic mass is 16.3. The van der Waals surface area contributed by atoms with Crippen molar-refractivity contribution < 1.29 is 5.11 Å². The molecule has 1 aliphatic rings. The van der Waals surface area contributed by atoms with Crippen molar-refractivity contribution in [3.63, 3.8) is 0 Å². The fraction of sp³-hybridized carbons (Fsp3) is 0.833. The monoisotopic (exact) mass is 210 g/mol. The minimum Gasteiger partial charge on any atom is -0.378 e. The Bertz CT molecular complexity index is 244. The van der Waals surface area contributed by atoms with Crippen LogP contribution in [0.3, 0.4) is 0 Å². The molecule has 1 atom stereocenters. The van der Waals surface area contributed by atoms with Gasteiger partial charge in [-0.1, -0.05) is 18.8 Å². The van der Waals surface area contributed by atoms with E-state index in [1.54, 1.807) is 6.92 Å². The summed E-state index contributed by atoms with van der Waals surface area (Å²) in [6, 6.07) is 0. The van der Waals surface area contributed by atoms with Crippen molar-refractivity contribution in [3.05, 3.63) is 0 Å². The van der Waals surface area contributed by atoms with Crippen molar-refractivity contribution in [2.45, 2.75) is 25.9 Å². The van der Waals surface area contributed by atoms with Gasteiger partial charge in [0.05, 0.1) is 6.54 Å². The third-order valence-corrected chi connectivity index (χ3v) is 2.94. The molecule has 0 unspecified atom stereocenters. The van der Waals surface area contributed by atoms with E-state index in [1.807, 2.05) is 6.92 Å². The molecule has 1 saturated heterocycles. The molecule has 1 rings (SSSR count). The highest BCUT2D eigenvalue weighted by Crippen LogP contribution is 2.05. The lowest BCUT2D eigenvalue weighted by Crippen LogP contribution is -2.44. The van der Waals surface area contributed by atoms with Gasteiger partial charge < -0.3 is 10.0 Å².